The Hall–Kier alpha value is -3.58. The van der Waals surface area contributed by atoms with Gasteiger partial charge in [0.15, 0.2) is 0 Å². The van der Waals surface area contributed by atoms with Crippen LogP contribution in [0.3, 0.4) is 0 Å². The van der Waals surface area contributed by atoms with Gasteiger partial charge in [0.1, 0.15) is 35.2 Å². The third-order valence-electron chi connectivity index (χ3n) is 5.92. The third kappa shape index (κ3) is 5.25. The fourth-order valence-corrected chi connectivity index (χ4v) is 4.26. The summed E-state index contributed by atoms with van der Waals surface area (Å²) in [6.07, 6.45) is -5.14. The summed E-state index contributed by atoms with van der Waals surface area (Å²) in [5.41, 5.74) is 0.925. The van der Waals surface area contributed by atoms with Crippen LogP contribution in [0.25, 0.3) is 11.0 Å². The van der Waals surface area contributed by atoms with Crippen LogP contribution in [0.15, 0.2) is 47.3 Å². The lowest BCUT2D eigenvalue weighted by Gasteiger charge is -2.40. The zero-order valence-electron chi connectivity index (χ0n) is 19.5. The maximum absolute atomic E-state index is 13.1. The summed E-state index contributed by atoms with van der Waals surface area (Å²) in [6, 6.07) is 11.6. The van der Waals surface area contributed by atoms with E-state index in [2.05, 4.69) is 4.98 Å². The second kappa shape index (κ2) is 9.58. The molecule has 4 rings (SSSR count). The summed E-state index contributed by atoms with van der Waals surface area (Å²) in [7, 11) is 1.64. The first-order chi connectivity index (χ1) is 16.6. The van der Waals surface area contributed by atoms with Crippen molar-refractivity contribution in [2.45, 2.75) is 44.8 Å². The van der Waals surface area contributed by atoms with Crippen LogP contribution in [0.4, 0.5) is 18.9 Å². The molecule has 2 aromatic heterocycles. The van der Waals surface area contributed by atoms with E-state index in [0.29, 0.717) is 36.2 Å². The number of fused-ring (bicyclic) bond motifs is 1. The van der Waals surface area contributed by atoms with Gasteiger partial charge < -0.3 is 18.9 Å². The Morgan fingerprint density at radius 2 is 1.94 bits per heavy atom. The summed E-state index contributed by atoms with van der Waals surface area (Å²) in [5.74, 6) is 0.120. The van der Waals surface area contributed by atoms with E-state index in [9.17, 15) is 23.2 Å². The molecule has 1 saturated heterocycles. The van der Waals surface area contributed by atoms with Crippen LogP contribution in [-0.4, -0.2) is 41.0 Å². The average Bonchev–Trinajstić information content (AvgIpc) is 2.81. The number of pyridine rings is 2. The molecule has 0 saturated carbocycles. The number of benzene rings is 1. The highest BCUT2D eigenvalue weighted by Crippen LogP contribution is 2.33. The molecule has 1 aliphatic heterocycles. The van der Waals surface area contributed by atoms with Gasteiger partial charge in [-0.05, 0) is 44.2 Å². The number of ether oxygens (including phenoxy) is 2. The maximum Gasteiger partial charge on any atom is 0.416 e. The van der Waals surface area contributed by atoms with E-state index < -0.39 is 23.9 Å². The Morgan fingerprint density at radius 3 is 2.63 bits per heavy atom. The maximum atomic E-state index is 13.1. The number of aromatic nitrogens is 2. The summed E-state index contributed by atoms with van der Waals surface area (Å²) < 4.78 is 53.0. The molecule has 0 spiro atoms. The summed E-state index contributed by atoms with van der Waals surface area (Å²) >= 11 is 0. The number of halogens is 3. The van der Waals surface area contributed by atoms with Crippen molar-refractivity contribution in [2.75, 3.05) is 18.0 Å². The molecule has 35 heavy (non-hydrogen) atoms. The van der Waals surface area contributed by atoms with Crippen molar-refractivity contribution in [1.29, 1.82) is 5.26 Å². The zero-order chi connectivity index (χ0) is 25.3. The fraction of sp³-hybridized carbons (Fsp3) is 0.400. The molecular weight excluding hydrogens is 461 g/mol. The molecule has 7 nitrogen and oxygen atoms in total. The van der Waals surface area contributed by atoms with Crippen LogP contribution in [0.2, 0.25) is 0 Å². The van der Waals surface area contributed by atoms with Gasteiger partial charge in [-0.25, -0.2) is 4.98 Å². The highest BCUT2D eigenvalue weighted by molar-refractivity contribution is 5.88. The van der Waals surface area contributed by atoms with Gasteiger partial charge in [-0.3, -0.25) is 4.79 Å². The van der Waals surface area contributed by atoms with Crippen molar-refractivity contribution >= 4 is 16.7 Å². The summed E-state index contributed by atoms with van der Waals surface area (Å²) in [5, 5.41) is 9.31. The zero-order valence-corrected chi connectivity index (χ0v) is 19.5. The van der Waals surface area contributed by atoms with Crippen molar-refractivity contribution in [3.05, 3.63) is 64.1 Å². The van der Waals surface area contributed by atoms with Crippen LogP contribution in [0, 0.1) is 11.3 Å². The number of anilines is 1. The number of alkyl halides is 3. The molecule has 3 heterocycles. The molecule has 2 atom stereocenters. The van der Waals surface area contributed by atoms with Crippen LogP contribution in [0.5, 0.6) is 5.75 Å². The lowest BCUT2D eigenvalue weighted by Crippen LogP contribution is -2.51. The Morgan fingerprint density at radius 1 is 1.17 bits per heavy atom. The van der Waals surface area contributed by atoms with Crippen molar-refractivity contribution in [3.63, 3.8) is 0 Å². The predicted molar refractivity (Wildman–Crippen MR) is 124 cm³/mol. The van der Waals surface area contributed by atoms with Crippen LogP contribution in [-0.2, 0) is 18.0 Å². The molecule has 1 aliphatic rings. The Bertz CT molecular complexity index is 1330. The SMILES string of the molecule is CC(C)O[C@@H]1CN(c2cc(=O)n(C)c3ccc(C#N)nc23)CC[C@H]1Oc1cccc(C(F)(F)F)c1. The molecule has 3 aromatic rings. The number of rotatable bonds is 5. The van der Waals surface area contributed by atoms with E-state index in [1.54, 1.807) is 19.2 Å². The molecular formula is C25H25F3N4O3. The van der Waals surface area contributed by atoms with Crippen LogP contribution < -0.4 is 15.2 Å². The van der Waals surface area contributed by atoms with E-state index in [4.69, 9.17) is 9.47 Å². The second-order valence-corrected chi connectivity index (χ2v) is 8.74. The highest BCUT2D eigenvalue weighted by Gasteiger charge is 2.35. The Kier molecular flexibility index (Phi) is 6.72. The molecule has 1 aromatic carbocycles. The molecule has 0 radical (unpaired) electrons. The van der Waals surface area contributed by atoms with Gasteiger partial charge >= 0.3 is 6.18 Å². The number of aryl methyl sites for hydroxylation is 1. The molecule has 0 aliphatic carbocycles. The molecule has 10 heteroatoms. The van der Waals surface area contributed by atoms with Gasteiger partial charge in [-0.1, -0.05) is 6.07 Å². The molecule has 0 N–H and O–H groups in total. The monoisotopic (exact) mass is 486 g/mol. The van der Waals surface area contributed by atoms with Gasteiger partial charge in [0.2, 0.25) is 0 Å². The molecule has 0 bridgehead atoms. The molecule has 184 valence electrons. The standard InChI is InChI=1S/C25H25F3N4O3/c1-15(2)34-22-14-32(10-9-21(22)35-18-6-4-5-16(11-18)25(26,27)28)20-12-23(33)31(3)19-8-7-17(13-29)30-24(19)20/h4-8,11-12,15,21-22H,9-10,14H2,1-3H3/t21-,22-/m1/s1. The van der Waals surface area contributed by atoms with Gasteiger partial charge in [0, 0.05) is 32.6 Å². The van der Waals surface area contributed by atoms with E-state index >= 15 is 0 Å². The van der Waals surface area contributed by atoms with E-state index in [1.807, 2.05) is 24.8 Å². The van der Waals surface area contributed by atoms with E-state index in [-0.39, 0.29) is 23.1 Å². The topological polar surface area (TPSA) is 80.4 Å². The summed E-state index contributed by atoms with van der Waals surface area (Å²) in [4.78, 5) is 19.0. The lowest BCUT2D eigenvalue weighted by atomic mass is 10.0. The molecule has 1 fully saturated rings. The van der Waals surface area contributed by atoms with Gasteiger partial charge in [0.05, 0.1) is 22.9 Å². The second-order valence-electron chi connectivity index (χ2n) is 8.74. The first kappa shape index (κ1) is 24.5. The number of hydrogen-bond donors (Lipinski definition) is 0. The number of nitriles is 1. The minimum absolute atomic E-state index is 0.120. The minimum atomic E-state index is -4.47. The first-order valence-corrected chi connectivity index (χ1v) is 11.2. The number of piperidine rings is 1. The van der Waals surface area contributed by atoms with E-state index in [0.717, 1.165) is 12.1 Å². The minimum Gasteiger partial charge on any atom is -0.488 e. The molecule has 0 unspecified atom stereocenters. The number of hydrogen-bond acceptors (Lipinski definition) is 6. The largest absolute Gasteiger partial charge is 0.488 e. The smallest absolute Gasteiger partial charge is 0.416 e. The van der Waals surface area contributed by atoms with Gasteiger partial charge in [-0.2, -0.15) is 18.4 Å². The Balaban J connectivity index is 1.65. The molecule has 0 amide bonds. The van der Waals surface area contributed by atoms with Gasteiger partial charge in [0.25, 0.3) is 5.56 Å². The van der Waals surface area contributed by atoms with Gasteiger partial charge in [-0.15, -0.1) is 0 Å². The predicted octanol–water partition coefficient (Wildman–Crippen LogP) is 4.28. The normalized spacial score (nSPS) is 18.6. The Labute approximate surface area is 200 Å². The quantitative estimate of drug-likeness (QED) is 0.536. The van der Waals surface area contributed by atoms with E-state index in [1.165, 1.54) is 22.8 Å². The van der Waals surface area contributed by atoms with Crippen LogP contribution >= 0.6 is 0 Å². The highest BCUT2D eigenvalue weighted by atomic mass is 19.4. The number of nitrogens with zero attached hydrogens (tertiary/aromatic N) is 4. The third-order valence-corrected chi connectivity index (χ3v) is 5.92. The average molecular weight is 486 g/mol. The van der Waals surface area contributed by atoms with Crippen LogP contribution in [0.1, 0.15) is 31.5 Å². The van der Waals surface area contributed by atoms with Crippen molar-refractivity contribution in [3.8, 4) is 11.8 Å². The summed E-state index contributed by atoms with van der Waals surface area (Å²) in [6.45, 7) is 4.54. The lowest BCUT2D eigenvalue weighted by molar-refractivity contribution is -0.137. The fourth-order valence-electron chi connectivity index (χ4n) is 4.26. The van der Waals surface area contributed by atoms with Crippen molar-refractivity contribution in [2.24, 2.45) is 7.05 Å². The first-order valence-electron chi connectivity index (χ1n) is 11.2. The van der Waals surface area contributed by atoms with Crippen molar-refractivity contribution in [1.82, 2.24) is 9.55 Å². The van der Waals surface area contributed by atoms with Crippen molar-refractivity contribution < 1.29 is 22.6 Å².